The van der Waals surface area contributed by atoms with Gasteiger partial charge < -0.3 is 19.3 Å². The predicted octanol–water partition coefficient (Wildman–Crippen LogP) is 4.30. The third kappa shape index (κ3) is 4.76. The van der Waals surface area contributed by atoms with Gasteiger partial charge in [0.2, 0.25) is 0 Å². The maximum Gasteiger partial charge on any atom is 0.157 e. The second kappa shape index (κ2) is 9.73. The van der Waals surface area contributed by atoms with Crippen molar-refractivity contribution in [1.82, 2.24) is 0 Å². The number of halogens is 1. The number of aryl methyl sites for hydroxylation is 1. The number of benzene rings is 1. The Morgan fingerprint density at radius 3 is 2.97 bits per heavy atom. The average Bonchev–Trinajstić information content (AvgIpc) is 3.25. The lowest BCUT2D eigenvalue weighted by Crippen LogP contribution is -2.26. The third-order valence-corrected chi connectivity index (χ3v) is 6.66. The number of fused-ring (bicyclic) bond motifs is 3. The summed E-state index contributed by atoms with van der Waals surface area (Å²) in [5.41, 5.74) is 2.31. The molecule has 0 spiro atoms. The van der Waals surface area contributed by atoms with Crippen molar-refractivity contribution in [3.63, 3.8) is 0 Å². The van der Waals surface area contributed by atoms with Crippen molar-refractivity contribution in [2.24, 2.45) is 5.92 Å². The molecule has 2 fully saturated rings. The molecule has 0 amide bonds. The minimum atomic E-state index is -0.510. The fourth-order valence-corrected chi connectivity index (χ4v) is 5.37. The second-order valence-electron chi connectivity index (χ2n) is 8.20. The topological polar surface area (TPSA) is 65.0 Å². The Labute approximate surface area is 180 Å². The van der Waals surface area contributed by atoms with Crippen LogP contribution in [-0.2, 0) is 20.7 Å². The minimum Gasteiger partial charge on any atom is -0.486 e. The Hall–Kier alpha value is -1.21. The van der Waals surface area contributed by atoms with Gasteiger partial charge in [0.05, 0.1) is 6.10 Å². The minimum absolute atomic E-state index is 0.0283. The van der Waals surface area contributed by atoms with E-state index < -0.39 is 6.10 Å². The van der Waals surface area contributed by atoms with Gasteiger partial charge in [-0.05, 0) is 74.6 Å². The summed E-state index contributed by atoms with van der Waals surface area (Å²) < 4.78 is 18.7. The van der Waals surface area contributed by atoms with E-state index in [-0.39, 0.29) is 24.2 Å². The number of carbonyl (C=O) groups excluding carboxylic acids is 1. The van der Waals surface area contributed by atoms with E-state index in [9.17, 15) is 9.90 Å². The molecule has 1 N–H and O–H groups in total. The lowest BCUT2D eigenvalue weighted by Gasteiger charge is -2.22. The first kappa shape index (κ1) is 21.0. The van der Waals surface area contributed by atoms with E-state index in [0.29, 0.717) is 13.0 Å². The van der Waals surface area contributed by atoms with E-state index >= 15 is 0 Å². The van der Waals surface area contributed by atoms with Crippen molar-refractivity contribution in [2.75, 3.05) is 13.2 Å². The number of rotatable bonds is 8. The molecule has 2 aliphatic heterocycles. The Balaban J connectivity index is 1.38. The van der Waals surface area contributed by atoms with E-state index in [1.165, 1.54) is 18.1 Å². The van der Waals surface area contributed by atoms with Crippen LogP contribution in [0, 0.1) is 5.92 Å². The van der Waals surface area contributed by atoms with Crippen LogP contribution >= 0.6 is 15.9 Å². The molecule has 1 saturated carbocycles. The quantitative estimate of drug-likeness (QED) is 0.353. The Morgan fingerprint density at radius 1 is 1.28 bits per heavy atom. The molecule has 4 rings (SSSR count). The van der Waals surface area contributed by atoms with Crippen LogP contribution in [-0.4, -0.2) is 43.1 Å². The fraction of sp³-hybridized carbons (Fsp3) is 0.609. The molecular weight excluding hydrogens is 436 g/mol. The number of allylic oxidation sites excluding steroid dienone is 2. The van der Waals surface area contributed by atoms with Crippen LogP contribution < -0.4 is 4.74 Å². The van der Waals surface area contributed by atoms with Gasteiger partial charge >= 0.3 is 0 Å². The van der Waals surface area contributed by atoms with Gasteiger partial charge in [-0.2, -0.15) is 0 Å². The molecule has 0 aromatic heterocycles. The normalized spacial score (nSPS) is 30.9. The summed E-state index contributed by atoms with van der Waals surface area (Å²) >= 11 is 3.64. The largest absolute Gasteiger partial charge is 0.486 e. The molecular formula is C23H29BrO5. The highest BCUT2D eigenvalue weighted by Crippen LogP contribution is 2.52. The SMILES string of the molecule is O=CC=CC1CC(O)[C@H]2Oc3c(CCCCOC4CCCCO4)cc(Br)cc3[C@@H]12. The van der Waals surface area contributed by atoms with E-state index in [2.05, 4.69) is 28.1 Å². The summed E-state index contributed by atoms with van der Waals surface area (Å²) in [7, 11) is 0. The lowest BCUT2D eigenvalue weighted by molar-refractivity contribution is -0.162. The van der Waals surface area contributed by atoms with Gasteiger partial charge in [-0.3, -0.25) is 4.79 Å². The van der Waals surface area contributed by atoms with Gasteiger partial charge in [0.1, 0.15) is 18.1 Å². The lowest BCUT2D eigenvalue weighted by atomic mass is 9.87. The molecule has 1 aromatic carbocycles. The first-order chi connectivity index (χ1) is 14.2. The van der Waals surface area contributed by atoms with Gasteiger partial charge in [0, 0.05) is 29.2 Å². The fourth-order valence-electron chi connectivity index (χ4n) is 4.85. The second-order valence-corrected chi connectivity index (χ2v) is 9.12. The van der Waals surface area contributed by atoms with Crippen molar-refractivity contribution in [1.29, 1.82) is 0 Å². The summed E-state index contributed by atoms with van der Waals surface area (Å²) in [6.07, 6.45) is 10.3. The van der Waals surface area contributed by atoms with Gasteiger partial charge in [-0.1, -0.05) is 22.0 Å². The molecule has 1 saturated heterocycles. The predicted molar refractivity (Wildman–Crippen MR) is 113 cm³/mol. The van der Waals surface area contributed by atoms with Gasteiger partial charge in [-0.25, -0.2) is 0 Å². The maximum atomic E-state index is 10.8. The number of aldehydes is 1. The molecule has 0 bridgehead atoms. The number of hydrogen-bond donors (Lipinski definition) is 1. The van der Waals surface area contributed by atoms with Crippen LogP contribution in [0.5, 0.6) is 5.75 Å². The Kier molecular flexibility index (Phi) is 7.06. The van der Waals surface area contributed by atoms with Crippen molar-refractivity contribution in [3.05, 3.63) is 39.9 Å². The average molecular weight is 465 g/mol. The molecule has 2 heterocycles. The summed E-state index contributed by atoms with van der Waals surface area (Å²) in [5, 5.41) is 10.5. The maximum absolute atomic E-state index is 10.8. The molecule has 5 nitrogen and oxygen atoms in total. The molecule has 29 heavy (non-hydrogen) atoms. The molecule has 3 unspecified atom stereocenters. The number of hydrogen-bond acceptors (Lipinski definition) is 5. The third-order valence-electron chi connectivity index (χ3n) is 6.20. The summed E-state index contributed by atoms with van der Waals surface area (Å²) in [6.45, 7) is 1.52. The summed E-state index contributed by atoms with van der Waals surface area (Å²) in [5.74, 6) is 1.13. The van der Waals surface area contributed by atoms with Crippen LogP contribution in [0.3, 0.4) is 0 Å². The molecule has 6 heteroatoms. The van der Waals surface area contributed by atoms with E-state index in [0.717, 1.165) is 60.8 Å². The Bertz CT molecular complexity index is 743. The van der Waals surface area contributed by atoms with Crippen LogP contribution in [0.25, 0.3) is 0 Å². The standard InChI is InChI=1S/C23H29BrO5/c24-17-12-16(6-1-3-10-27-20-8-2-4-11-28-20)22-18(14-17)21-15(7-5-9-25)13-19(26)23(21)29-22/h5,7,9,12,14-15,19-21,23,26H,1-4,6,8,10-11,13H2/t15?,19?,20?,21-,23-/m1/s1. The van der Waals surface area contributed by atoms with Gasteiger partial charge in [0.15, 0.2) is 6.29 Å². The van der Waals surface area contributed by atoms with Crippen molar-refractivity contribution in [2.45, 2.75) is 69.4 Å². The van der Waals surface area contributed by atoms with Crippen LogP contribution in [0.15, 0.2) is 28.8 Å². The van der Waals surface area contributed by atoms with E-state index in [1.807, 2.05) is 6.08 Å². The van der Waals surface area contributed by atoms with Gasteiger partial charge in [0.25, 0.3) is 0 Å². The highest BCUT2D eigenvalue weighted by Gasteiger charge is 2.49. The molecule has 3 aliphatic rings. The van der Waals surface area contributed by atoms with Crippen LogP contribution in [0.1, 0.15) is 55.6 Å². The highest BCUT2D eigenvalue weighted by molar-refractivity contribution is 9.10. The molecule has 158 valence electrons. The molecule has 1 aromatic rings. The number of ether oxygens (including phenoxy) is 3. The summed E-state index contributed by atoms with van der Waals surface area (Å²) in [4.78, 5) is 10.8. The van der Waals surface area contributed by atoms with E-state index in [1.54, 1.807) is 0 Å². The van der Waals surface area contributed by atoms with Gasteiger partial charge in [-0.15, -0.1) is 0 Å². The van der Waals surface area contributed by atoms with Crippen molar-refractivity contribution >= 4 is 22.2 Å². The number of unbranched alkanes of at least 4 members (excludes halogenated alkanes) is 1. The molecule has 1 aliphatic carbocycles. The summed E-state index contributed by atoms with van der Waals surface area (Å²) in [6, 6.07) is 4.22. The zero-order valence-corrected chi connectivity index (χ0v) is 18.2. The smallest absolute Gasteiger partial charge is 0.157 e. The first-order valence-electron chi connectivity index (χ1n) is 10.7. The molecule has 5 atom stereocenters. The number of aliphatic hydroxyl groups is 1. The van der Waals surface area contributed by atoms with Crippen molar-refractivity contribution < 1.29 is 24.1 Å². The van der Waals surface area contributed by atoms with Crippen LogP contribution in [0.2, 0.25) is 0 Å². The van der Waals surface area contributed by atoms with E-state index in [4.69, 9.17) is 14.2 Å². The first-order valence-corrected chi connectivity index (χ1v) is 11.5. The Morgan fingerprint density at radius 2 is 2.17 bits per heavy atom. The van der Waals surface area contributed by atoms with Crippen LogP contribution in [0.4, 0.5) is 0 Å². The number of carbonyl (C=O) groups is 1. The zero-order chi connectivity index (χ0) is 20.2. The number of aliphatic hydroxyl groups excluding tert-OH is 1. The monoisotopic (exact) mass is 464 g/mol. The van der Waals surface area contributed by atoms with Crippen molar-refractivity contribution in [3.8, 4) is 5.75 Å². The molecule has 0 radical (unpaired) electrons. The zero-order valence-electron chi connectivity index (χ0n) is 16.6. The highest BCUT2D eigenvalue weighted by atomic mass is 79.9.